The lowest BCUT2D eigenvalue weighted by molar-refractivity contribution is -0.132. The van der Waals surface area contributed by atoms with Crippen LogP contribution in [0.3, 0.4) is 0 Å². The first kappa shape index (κ1) is 19.7. The topological polar surface area (TPSA) is 72.2 Å². The number of nitrogens with two attached hydrogens (primary N) is 1. The number of allylic oxidation sites excluding steroid dienone is 4. The van der Waals surface area contributed by atoms with E-state index in [9.17, 15) is 9.59 Å². The summed E-state index contributed by atoms with van der Waals surface area (Å²) in [6.07, 6.45) is 10.3. The Morgan fingerprint density at radius 1 is 1.14 bits per heavy atom. The molecule has 3 N–H and O–H groups in total. The number of hydrogen-bond donors (Lipinski definition) is 2. The average Bonchev–Trinajstić information content (AvgIpc) is 2.94. The summed E-state index contributed by atoms with van der Waals surface area (Å²) in [5.74, 6) is 2.00. The standard InChI is InChI=1S/C24H36N2O2/c1-22(2,3)26-21(28)18-9-8-15-14-6-7-17-20(25)19(27)11-13-23(17,4)16(14)10-12-24(15,18)5/h6-7,14-16,18H,8-13,25H2,1-5H3,(H,26,28)/t14-,15-,16-,18+,23+,24-/m0/s1. The molecule has 4 heteroatoms. The molecule has 0 aliphatic heterocycles. The van der Waals surface area contributed by atoms with Gasteiger partial charge in [0.1, 0.15) is 0 Å². The molecule has 0 aromatic heterocycles. The number of nitrogens with one attached hydrogen (secondary N) is 1. The molecule has 4 nitrogen and oxygen atoms in total. The third kappa shape index (κ3) is 2.78. The second-order valence-corrected chi connectivity index (χ2v) is 11.2. The Balaban J connectivity index is 1.65. The molecule has 0 heterocycles. The predicted molar refractivity (Wildman–Crippen MR) is 111 cm³/mol. The van der Waals surface area contributed by atoms with Gasteiger partial charge in [-0.05, 0) is 87.0 Å². The lowest BCUT2D eigenvalue weighted by Gasteiger charge is -2.56. The minimum atomic E-state index is -0.188. The fourth-order valence-electron chi connectivity index (χ4n) is 7.07. The fourth-order valence-corrected chi connectivity index (χ4v) is 7.07. The molecule has 0 radical (unpaired) electrons. The van der Waals surface area contributed by atoms with Crippen LogP contribution in [0.15, 0.2) is 23.4 Å². The van der Waals surface area contributed by atoms with Crippen molar-refractivity contribution >= 4 is 11.7 Å². The Morgan fingerprint density at radius 3 is 2.54 bits per heavy atom. The second kappa shape index (κ2) is 6.21. The third-order valence-corrected chi connectivity index (χ3v) is 8.53. The summed E-state index contributed by atoms with van der Waals surface area (Å²) >= 11 is 0. The van der Waals surface area contributed by atoms with Crippen LogP contribution in [0.1, 0.15) is 73.1 Å². The van der Waals surface area contributed by atoms with Crippen molar-refractivity contribution in [1.82, 2.24) is 5.32 Å². The number of ketones is 1. The van der Waals surface area contributed by atoms with Crippen LogP contribution < -0.4 is 11.1 Å². The first-order valence-electron chi connectivity index (χ1n) is 11.0. The van der Waals surface area contributed by atoms with E-state index in [-0.39, 0.29) is 34.0 Å². The van der Waals surface area contributed by atoms with Crippen molar-refractivity contribution < 1.29 is 9.59 Å². The molecule has 0 bridgehead atoms. The van der Waals surface area contributed by atoms with Crippen molar-refractivity contribution in [2.24, 2.45) is 40.2 Å². The molecule has 28 heavy (non-hydrogen) atoms. The summed E-state index contributed by atoms with van der Waals surface area (Å²) in [5.41, 5.74) is 7.67. The molecule has 0 aromatic carbocycles. The number of carbonyl (C=O) groups is 2. The van der Waals surface area contributed by atoms with Gasteiger partial charge in [-0.15, -0.1) is 0 Å². The molecular formula is C24H36N2O2. The number of hydrogen-bond acceptors (Lipinski definition) is 3. The van der Waals surface area contributed by atoms with Crippen LogP contribution in [0.25, 0.3) is 0 Å². The van der Waals surface area contributed by atoms with Crippen molar-refractivity contribution in [2.45, 2.75) is 78.7 Å². The number of amides is 1. The Hall–Kier alpha value is -1.58. The van der Waals surface area contributed by atoms with Gasteiger partial charge in [0.05, 0.1) is 5.70 Å². The average molecular weight is 385 g/mol. The van der Waals surface area contributed by atoms with E-state index in [2.05, 4.69) is 52.1 Å². The van der Waals surface area contributed by atoms with Crippen molar-refractivity contribution in [3.63, 3.8) is 0 Å². The predicted octanol–water partition coefficient (Wildman–Crippen LogP) is 4.11. The van der Waals surface area contributed by atoms with Gasteiger partial charge < -0.3 is 11.1 Å². The first-order chi connectivity index (χ1) is 13.0. The highest BCUT2D eigenvalue weighted by atomic mass is 16.2. The van der Waals surface area contributed by atoms with Crippen molar-refractivity contribution in [3.05, 3.63) is 23.4 Å². The highest BCUT2D eigenvalue weighted by Crippen LogP contribution is 2.65. The van der Waals surface area contributed by atoms with E-state index >= 15 is 0 Å². The Labute approximate surface area is 169 Å². The molecule has 0 aromatic rings. The molecule has 0 spiro atoms. The summed E-state index contributed by atoms with van der Waals surface area (Å²) in [6.45, 7) is 10.9. The van der Waals surface area contributed by atoms with Gasteiger partial charge in [0.25, 0.3) is 0 Å². The van der Waals surface area contributed by atoms with E-state index in [1.165, 1.54) is 0 Å². The van der Waals surface area contributed by atoms with Gasteiger partial charge in [-0.25, -0.2) is 0 Å². The van der Waals surface area contributed by atoms with Crippen LogP contribution in [-0.4, -0.2) is 17.2 Å². The first-order valence-corrected chi connectivity index (χ1v) is 11.0. The number of fused-ring (bicyclic) bond motifs is 5. The maximum Gasteiger partial charge on any atom is 0.224 e. The van der Waals surface area contributed by atoms with E-state index in [0.29, 0.717) is 29.9 Å². The van der Waals surface area contributed by atoms with Crippen LogP contribution in [0.5, 0.6) is 0 Å². The lowest BCUT2D eigenvalue weighted by atomic mass is 9.48. The molecule has 0 unspecified atom stereocenters. The van der Waals surface area contributed by atoms with E-state index < -0.39 is 0 Å². The molecule has 1 amide bonds. The maximum absolute atomic E-state index is 13.1. The van der Waals surface area contributed by atoms with Crippen molar-refractivity contribution in [1.29, 1.82) is 0 Å². The summed E-state index contributed by atoms with van der Waals surface area (Å²) in [4.78, 5) is 25.2. The largest absolute Gasteiger partial charge is 0.396 e. The van der Waals surface area contributed by atoms with Crippen LogP contribution in [0.2, 0.25) is 0 Å². The van der Waals surface area contributed by atoms with Crippen LogP contribution in [0, 0.1) is 34.5 Å². The molecule has 2 saturated carbocycles. The van der Waals surface area contributed by atoms with Gasteiger partial charge in [0.15, 0.2) is 5.78 Å². The quantitative estimate of drug-likeness (QED) is 0.714. The minimum Gasteiger partial charge on any atom is -0.396 e. The Morgan fingerprint density at radius 2 is 1.86 bits per heavy atom. The monoisotopic (exact) mass is 384 g/mol. The van der Waals surface area contributed by atoms with E-state index in [0.717, 1.165) is 37.7 Å². The normalized spacial score (nSPS) is 42.7. The van der Waals surface area contributed by atoms with E-state index in [4.69, 9.17) is 5.73 Å². The smallest absolute Gasteiger partial charge is 0.224 e. The summed E-state index contributed by atoms with van der Waals surface area (Å²) in [6, 6.07) is 0. The molecule has 4 aliphatic rings. The van der Waals surface area contributed by atoms with Gasteiger partial charge >= 0.3 is 0 Å². The lowest BCUT2D eigenvalue weighted by Crippen LogP contribution is -2.52. The molecule has 4 aliphatic carbocycles. The van der Waals surface area contributed by atoms with E-state index in [1.807, 2.05) is 0 Å². The van der Waals surface area contributed by atoms with Gasteiger partial charge in [-0.3, -0.25) is 9.59 Å². The Bertz CT molecular complexity index is 774. The zero-order chi connectivity index (χ0) is 20.5. The minimum absolute atomic E-state index is 0.00446. The summed E-state index contributed by atoms with van der Waals surface area (Å²) in [7, 11) is 0. The highest BCUT2D eigenvalue weighted by Gasteiger charge is 2.59. The van der Waals surface area contributed by atoms with Crippen LogP contribution in [0.4, 0.5) is 0 Å². The molecule has 0 saturated heterocycles. The summed E-state index contributed by atoms with van der Waals surface area (Å²) < 4.78 is 0. The van der Waals surface area contributed by atoms with Gasteiger partial charge in [0, 0.05) is 17.9 Å². The zero-order valence-electron chi connectivity index (χ0n) is 18.1. The van der Waals surface area contributed by atoms with E-state index in [1.54, 1.807) is 0 Å². The van der Waals surface area contributed by atoms with Gasteiger partial charge in [-0.2, -0.15) is 0 Å². The number of carbonyl (C=O) groups excluding carboxylic acids is 2. The molecule has 154 valence electrons. The SMILES string of the molecule is CC(C)(C)NC(=O)[C@H]1CC[C@H]2[C@@H]3C=CC4=C(N)C(=O)CC[C@]4(C)[C@H]3CC[C@]12C. The Kier molecular flexibility index (Phi) is 4.37. The fraction of sp³-hybridized carbons (Fsp3) is 0.750. The number of Topliss-reactive ketones (excluding diaryl/α,β-unsaturated/α-hetero) is 1. The molecule has 6 atom stereocenters. The van der Waals surface area contributed by atoms with Gasteiger partial charge in [0.2, 0.25) is 5.91 Å². The third-order valence-electron chi connectivity index (χ3n) is 8.53. The molecule has 4 rings (SSSR count). The highest BCUT2D eigenvalue weighted by molar-refractivity contribution is 5.97. The zero-order valence-corrected chi connectivity index (χ0v) is 18.1. The van der Waals surface area contributed by atoms with Crippen LogP contribution in [-0.2, 0) is 9.59 Å². The number of rotatable bonds is 1. The van der Waals surface area contributed by atoms with Crippen molar-refractivity contribution in [3.8, 4) is 0 Å². The molecule has 2 fully saturated rings. The summed E-state index contributed by atoms with van der Waals surface area (Å²) in [5, 5.41) is 3.24. The van der Waals surface area contributed by atoms with Crippen molar-refractivity contribution in [2.75, 3.05) is 0 Å². The molecular weight excluding hydrogens is 348 g/mol. The second-order valence-electron chi connectivity index (χ2n) is 11.2. The maximum atomic E-state index is 13.1. The van der Waals surface area contributed by atoms with Crippen LogP contribution >= 0.6 is 0 Å². The van der Waals surface area contributed by atoms with Gasteiger partial charge in [-0.1, -0.05) is 26.0 Å².